The summed E-state index contributed by atoms with van der Waals surface area (Å²) in [5.74, 6) is 0.132. The standard InChI is InChI=1S/C19H20ClFN4O2/c1-11(16-5-14(21)2-3-17(16)20)27-18-4-12(7-25-19(18)23)13(6-22)8-24-15-9-26-10-15/h2-8,11,15,22,24H,9-10H2,1H3,(H2,23,25)/b13-8+,22-6?. The van der Waals surface area contributed by atoms with Gasteiger partial charge in [-0.15, -0.1) is 0 Å². The fourth-order valence-corrected chi connectivity index (χ4v) is 2.81. The number of aromatic nitrogens is 1. The van der Waals surface area contributed by atoms with E-state index < -0.39 is 11.9 Å². The highest BCUT2D eigenvalue weighted by molar-refractivity contribution is 6.31. The Balaban J connectivity index is 1.82. The maximum Gasteiger partial charge on any atom is 0.166 e. The van der Waals surface area contributed by atoms with Crippen molar-refractivity contribution in [2.45, 2.75) is 19.1 Å². The highest BCUT2D eigenvalue weighted by Crippen LogP contribution is 2.31. The number of nitrogens with zero attached hydrogens (tertiary/aromatic N) is 1. The lowest BCUT2D eigenvalue weighted by Crippen LogP contribution is -2.43. The molecule has 142 valence electrons. The van der Waals surface area contributed by atoms with Crippen LogP contribution in [0.1, 0.15) is 24.2 Å². The van der Waals surface area contributed by atoms with E-state index >= 15 is 0 Å². The quantitative estimate of drug-likeness (QED) is 0.628. The third-order valence-corrected chi connectivity index (χ3v) is 4.53. The molecule has 1 aromatic carbocycles. The number of benzene rings is 1. The molecule has 6 nitrogen and oxygen atoms in total. The minimum Gasteiger partial charge on any atom is -0.482 e. The third kappa shape index (κ3) is 4.56. The van der Waals surface area contributed by atoms with Crippen molar-refractivity contribution in [3.05, 3.63) is 58.6 Å². The van der Waals surface area contributed by atoms with Gasteiger partial charge in [0.2, 0.25) is 0 Å². The van der Waals surface area contributed by atoms with Crippen LogP contribution < -0.4 is 15.8 Å². The Hall–Kier alpha value is -2.64. The van der Waals surface area contributed by atoms with Gasteiger partial charge in [0.05, 0.1) is 19.3 Å². The molecule has 1 atom stereocenters. The van der Waals surface area contributed by atoms with Crippen molar-refractivity contribution in [1.82, 2.24) is 10.3 Å². The molecule has 27 heavy (non-hydrogen) atoms. The molecule has 0 saturated carbocycles. The lowest BCUT2D eigenvalue weighted by molar-refractivity contribution is 0.000844. The molecule has 4 N–H and O–H groups in total. The molecule has 1 aromatic heterocycles. The maximum atomic E-state index is 13.5. The van der Waals surface area contributed by atoms with Gasteiger partial charge in [0.1, 0.15) is 11.9 Å². The van der Waals surface area contributed by atoms with Crippen molar-refractivity contribution < 1.29 is 13.9 Å². The molecule has 0 bridgehead atoms. The van der Waals surface area contributed by atoms with Gasteiger partial charge in [-0.1, -0.05) is 11.6 Å². The second kappa shape index (κ2) is 8.37. The van der Waals surface area contributed by atoms with Gasteiger partial charge in [-0.2, -0.15) is 0 Å². The zero-order valence-electron chi connectivity index (χ0n) is 14.7. The number of anilines is 1. The van der Waals surface area contributed by atoms with Crippen LogP contribution >= 0.6 is 11.6 Å². The number of rotatable bonds is 7. The van der Waals surface area contributed by atoms with Gasteiger partial charge in [0, 0.05) is 40.3 Å². The smallest absolute Gasteiger partial charge is 0.166 e. The Morgan fingerprint density at radius 3 is 2.93 bits per heavy atom. The molecule has 3 rings (SSSR count). The van der Waals surface area contributed by atoms with Crippen LogP contribution in [-0.4, -0.2) is 30.5 Å². The second-order valence-corrected chi connectivity index (χ2v) is 6.59. The van der Waals surface area contributed by atoms with Gasteiger partial charge >= 0.3 is 0 Å². The summed E-state index contributed by atoms with van der Waals surface area (Å²) < 4.78 is 24.5. The molecule has 1 fully saturated rings. The minimum atomic E-state index is -0.537. The molecule has 1 unspecified atom stereocenters. The zero-order chi connectivity index (χ0) is 19.4. The second-order valence-electron chi connectivity index (χ2n) is 6.18. The van der Waals surface area contributed by atoms with E-state index in [0.717, 1.165) is 0 Å². The van der Waals surface area contributed by atoms with Crippen LogP contribution in [0.3, 0.4) is 0 Å². The van der Waals surface area contributed by atoms with Crippen LogP contribution in [0.15, 0.2) is 36.7 Å². The first kappa shape index (κ1) is 19.1. The summed E-state index contributed by atoms with van der Waals surface area (Å²) in [6.07, 6.45) is 3.99. The molecular formula is C19H20ClFN4O2. The molecule has 1 aliphatic heterocycles. The normalized spacial score (nSPS) is 15.7. The fourth-order valence-electron chi connectivity index (χ4n) is 2.54. The van der Waals surface area contributed by atoms with Crippen molar-refractivity contribution >= 4 is 29.2 Å². The van der Waals surface area contributed by atoms with E-state index in [2.05, 4.69) is 10.3 Å². The number of hydrogen-bond donors (Lipinski definition) is 3. The first-order chi connectivity index (χ1) is 13.0. The number of nitrogens with one attached hydrogen (secondary N) is 2. The molecule has 1 aliphatic rings. The highest BCUT2D eigenvalue weighted by atomic mass is 35.5. The van der Waals surface area contributed by atoms with Gasteiger partial charge in [-0.3, -0.25) is 0 Å². The van der Waals surface area contributed by atoms with E-state index in [1.165, 1.54) is 24.4 Å². The average Bonchev–Trinajstić information content (AvgIpc) is 2.61. The van der Waals surface area contributed by atoms with Crippen molar-refractivity contribution in [3.63, 3.8) is 0 Å². The van der Waals surface area contributed by atoms with Crippen LogP contribution in [0.2, 0.25) is 5.02 Å². The molecule has 1 saturated heterocycles. The fraction of sp³-hybridized carbons (Fsp3) is 0.263. The largest absolute Gasteiger partial charge is 0.482 e. The Kier molecular flexibility index (Phi) is 5.93. The number of hydrogen-bond acceptors (Lipinski definition) is 6. The van der Waals surface area contributed by atoms with E-state index in [9.17, 15) is 4.39 Å². The van der Waals surface area contributed by atoms with Crippen LogP contribution in [-0.2, 0) is 4.74 Å². The van der Waals surface area contributed by atoms with Crippen molar-refractivity contribution in [2.24, 2.45) is 0 Å². The highest BCUT2D eigenvalue weighted by Gasteiger charge is 2.17. The van der Waals surface area contributed by atoms with Crippen molar-refractivity contribution in [2.75, 3.05) is 18.9 Å². The van der Waals surface area contributed by atoms with Crippen LogP contribution in [0.25, 0.3) is 5.57 Å². The van der Waals surface area contributed by atoms with Crippen LogP contribution in [0, 0.1) is 11.2 Å². The maximum absolute atomic E-state index is 13.5. The van der Waals surface area contributed by atoms with Gasteiger partial charge in [0.25, 0.3) is 0 Å². The summed E-state index contributed by atoms with van der Waals surface area (Å²) >= 11 is 6.14. The molecule has 0 aliphatic carbocycles. The average molecular weight is 391 g/mol. The van der Waals surface area contributed by atoms with Crippen LogP contribution in [0.5, 0.6) is 5.75 Å². The molecule has 0 spiro atoms. The molecular weight excluding hydrogens is 371 g/mol. The van der Waals surface area contributed by atoms with Gasteiger partial charge in [0.15, 0.2) is 11.6 Å². The first-order valence-corrected chi connectivity index (χ1v) is 8.77. The van der Waals surface area contributed by atoms with E-state index in [-0.39, 0.29) is 11.9 Å². The summed E-state index contributed by atoms with van der Waals surface area (Å²) in [7, 11) is 0. The van der Waals surface area contributed by atoms with Crippen LogP contribution in [0.4, 0.5) is 10.2 Å². The predicted octanol–water partition coefficient (Wildman–Crippen LogP) is 3.58. The predicted molar refractivity (Wildman–Crippen MR) is 104 cm³/mol. The number of allylic oxidation sites excluding steroid dienone is 1. The lowest BCUT2D eigenvalue weighted by atomic mass is 10.1. The number of halogens is 2. The SMILES string of the molecule is CC(Oc1cc(/C(C=N)=C/NC2COC2)cnc1N)c1cc(F)ccc1Cl. The number of nitrogens with two attached hydrogens (primary N) is 1. The minimum absolute atomic E-state index is 0.197. The summed E-state index contributed by atoms with van der Waals surface area (Å²) in [6.45, 7) is 3.03. The van der Waals surface area contributed by atoms with Crippen molar-refractivity contribution in [3.8, 4) is 5.75 Å². The molecule has 2 heterocycles. The van der Waals surface area contributed by atoms with E-state index in [1.54, 1.807) is 25.4 Å². The lowest BCUT2D eigenvalue weighted by Gasteiger charge is -2.26. The monoisotopic (exact) mass is 390 g/mol. The van der Waals surface area contributed by atoms with E-state index in [1.807, 2.05) is 0 Å². The number of pyridine rings is 1. The van der Waals surface area contributed by atoms with Crippen molar-refractivity contribution in [1.29, 1.82) is 5.41 Å². The first-order valence-electron chi connectivity index (χ1n) is 8.40. The third-order valence-electron chi connectivity index (χ3n) is 4.18. The summed E-state index contributed by atoms with van der Waals surface area (Å²) in [6, 6.07) is 6.04. The molecule has 0 radical (unpaired) electrons. The van der Waals surface area contributed by atoms with Gasteiger partial charge in [-0.05, 0) is 31.2 Å². The van der Waals surface area contributed by atoms with E-state index in [4.69, 9.17) is 32.2 Å². The Morgan fingerprint density at radius 1 is 1.48 bits per heavy atom. The van der Waals surface area contributed by atoms with E-state index in [0.29, 0.717) is 40.7 Å². The number of ether oxygens (including phenoxy) is 2. The molecule has 8 heteroatoms. The Labute approximate surface area is 161 Å². The number of nitrogen functional groups attached to an aromatic ring is 1. The zero-order valence-corrected chi connectivity index (χ0v) is 15.5. The Bertz CT molecular complexity index is 871. The van der Waals surface area contributed by atoms with Gasteiger partial charge < -0.3 is 25.9 Å². The summed E-state index contributed by atoms with van der Waals surface area (Å²) in [4.78, 5) is 4.14. The van der Waals surface area contributed by atoms with Gasteiger partial charge in [-0.25, -0.2) is 9.37 Å². The Morgan fingerprint density at radius 2 is 2.26 bits per heavy atom. The topological polar surface area (TPSA) is 93.2 Å². The molecule has 2 aromatic rings. The summed E-state index contributed by atoms with van der Waals surface area (Å²) in [5.41, 5.74) is 7.72. The molecule has 0 amide bonds. The summed E-state index contributed by atoms with van der Waals surface area (Å²) in [5, 5.41) is 11.2.